The van der Waals surface area contributed by atoms with E-state index in [0.717, 1.165) is 22.3 Å². The number of amides is 2. The summed E-state index contributed by atoms with van der Waals surface area (Å²) in [6.07, 6.45) is -0.597. The van der Waals surface area contributed by atoms with E-state index in [4.69, 9.17) is 9.84 Å². The Labute approximate surface area is 201 Å². The summed E-state index contributed by atoms with van der Waals surface area (Å²) in [6, 6.07) is 15.4. The van der Waals surface area contributed by atoms with E-state index in [1.165, 1.54) is 0 Å². The van der Waals surface area contributed by atoms with Gasteiger partial charge in [-0.2, -0.15) is 0 Å². The summed E-state index contributed by atoms with van der Waals surface area (Å²) >= 11 is 0. The van der Waals surface area contributed by atoms with Crippen LogP contribution in [0.3, 0.4) is 0 Å². The van der Waals surface area contributed by atoms with Crippen molar-refractivity contribution in [2.45, 2.75) is 58.5 Å². The van der Waals surface area contributed by atoms with Crippen LogP contribution in [0.2, 0.25) is 0 Å². The van der Waals surface area contributed by atoms with Crippen LogP contribution < -0.4 is 5.32 Å². The van der Waals surface area contributed by atoms with Gasteiger partial charge in [-0.25, -0.2) is 4.79 Å². The second-order valence-electron chi connectivity index (χ2n) is 9.15. The molecule has 182 valence electrons. The molecular formula is C27H34N2O5. The first kappa shape index (κ1) is 25.3. The second kappa shape index (κ2) is 11.2. The quantitative estimate of drug-likeness (QED) is 0.531. The number of ether oxygens (including phenoxy) is 1. The van der Waals surface area contributed by atoms with Crippen molar-refractivity contribution < 1.29 is 24.2 Å². The molecule has 0 spiro atoms. The van der Waals surface area contributed by atoms with E-state index in [1.54, 1.807) is 11.8 Å². The highest BCUT2D eigenvalue weighted by Crippen LogP contribution is 2.44. The zero-order valence-electron chi connectivity index (χ0n) is 20.3. The van der Waals surface area contributed by atoms with Crippen molar-refractivity contribution in [1.29, 1.82) is 0 Å². The molecule has 0 fully saturated rings. The Kier molecular flexibility index (Phi) is 8.31. The molecule has 1 aliphatic rings. The van der Waals surface area contributed by atoms with Crippen molar-refractivity contribution in [2.24, 2.45) is 5.92 Å². The number of rotatable bonds is 10. The third kappa shape index (κ3) is 5.76. The Morgan fingerprint density at radius 3 is 2.03 bits per heavy atom. The average Bonchev–Trinajstić information content (AvgIpc) is 3.11. The fourth-order valence-electron chi connectivity index (χ4n) is 4.65. The number of hydrogen-bond acceptors (Lipinski definition) is 4. The summed E-state index contributed by atoms with van der Waals surface area (Å²) in [7, 11) is 0. The topological polar surface area (TPSA) is 95.9 Å². The van der Waals surface area contributed by atoms with E-state index >= 15 is 0 Å². The van der Waals surface area contributed by atoms with Crippen LogP contribution in [0, 0.1) is 5.92 Å². The predicted octanol–water partition coefficient (Wildman–Crippen LogP) is 4.65. The summed E-state index contributed by atoms with van der Waals surface area (Å²) in [4.78, 5) is 38.2. The molecule has 0 aliphatic heterocycles. The SMILES string of the molecule is CCN(C(=O)C[C@H](NC(=O)OCC1c2ccccc2-c2ccccc21)C(C)C)C(C)CC(=O)O. The van der Waals surface area contributed by atoms with Crippen molar-refractivity contribution in [3.63, 3.8) is 0 Å². The number of aliphatic carboxylic acids is 1. The van der Waals surface area contributed by atoms with E-state index in [2.05, 4.69) is 29.6 Å². The number of carboxylic acids is 1. The minimum atomic E-state index is -0.948. The lowest BCUT2D eigenvalue weighted by Crippen LogP contribution is -2.46. The second-order valence-corrected chi connectivity index (χ2v) is 9.15. The summed E-state index contributed by atoms with van der Waals surface area (Å²) in [5.74, 6) is -1.17. The maximum Gasteiger partial charge on any atom is 0.407 e. The molecule has 2 N–H and O–H groups in total. The van der Waals surface area contributed by atoms with Gasteiger partial charge in [-0.3, -0.25) is 9.59 Å². The number of nitrogens with one attached hydrogen (secondary N) is 1. The summed E-state index contributed by atoms with van der Waals surface area (Å²) in [5.41, 5.74) is 4.59. The van der Waals surface area contributed by atoms with Gasteiger partial charge in [0.1, 0.15) is 6.61 Å². The molecular weight excluding hydrogens is 432 g/mol. The molecule has 2 atom stereocenters. The highest BCUT2D eigenvalue weighted by molar-refractivity contribution is 5.80. The molecule has 7 nitrogen and oxygen atoms in total. The van der Waals surface area contributed by atoms with Crippen LogP contribution in [0.5, 0.6) is 0 Å². The Morgan fingerprint density at radius 1 is 0.971 bits per heavy atom. The van der Waals surface area contributed by atoms with Gasteiger partial charge in [0.05, 0.1) is 6.42 Å². The number of carbonyl (C=O) groups is 3. The Hall–Kier alpha value is -3.35. The van der Waals surface area contributed by atoms with Crippen molar-refractivity contribution in [1.82, 2.24) is 10.2 Å². The summed E-state index contributed by atoms with van der Waals surface area (Å²) < 4.78 is 5.64. The lowest BCUT2D eigenvalue weighted by atomic mass is 9.98. The molecule has 2 aromatic rings. The van der Waals surface area contributed by atoms with Gasteiger partial charge < -0.3 is 20.1 Å². The first-order valence-corrected chi connectivity index (χ1v) is 11.9. The van der Waals surface area contributed by atoms with Gasteiger partial charge in [0.25, 0.3) is 0 Å². The molecule has 1 unspecified atom stereocenters. The first-order valence-electron chi connectivity index (χ1n) is 11.9. The van der Waals surface area contributed by atoms with Gasteiger partial charge in [-0.1, -0.05) is 62.4 Å². The summed E-state index contributed by atoms with van der Waals surface area (Å²) in [6.45, 7) is 8.01. The number of benzene rings is 2. The molecule has 0 aromatic heterocycles. The lowest BCUT2D eigenvalue weighted by molar-refractivity contribution is -0.140. The van der Waals surface area contributed by atoms with E-state index in [1.807, 2.05) is 45.0 Å². The number of hydrogen-bond donors (Lipinski definition) is 2. The van der Waals surface area contributed by atoms with Gasteiger partial charge in [0.2, 0.25) is 5.91 Å². The fourth-order valence-corrected chi connectivity index (χ4v) is 4.65. The average molecular weight is 467 g/mol. The van der Waals surface area contributed by atoms with E-state index in [9.17, 15) is 14.4 Å². The molecule has 0 heterocycles. The van der Waals surface area contributed by atoms with Crippen molar-refractivity contribution in [3.05, 3.63) is 59.7 Å². The van der Waals surface area contributed by atoms with Gasteiger partial charge in [0.15, 0.2) is 0 Å². The Balaban J connectivity index is 1.62. The van der Waals surface area contributed by atoms with Crippen molar-refractivity contribution in [2.75, 3.05) is 13.2 Å². The zero-order valence-corrected chi connectivity index (χ0v) is 20.3. The molecule has 3 rings (SSSR count). The number of carbonyl (C=O) groups excluding carboxylic acids is 2. The molecule has 0 radical (unpaired) electrons. The number of fused-ring (bicyclic) bond motifs is 3. The predicted molar refractivity (Wildman–Crippen MR) is 131 cm³/mol. The van der Waals surface area contributed by atoms with Crippen LogP contribution >= 0.6 is 0 Å². The van der Waals surface area contributed by atoms with Crippen LogP contribution in [-0.4, -0.2) is 53.2 Å². The number of alkyl carbamates (subject to hydrolysis) is 1. The molecule has 2 amide bonds. The number of carboxylic acid groups (broad SMARTS) is 1. The van der Waals surface area contributed by atoms with Gasteiger partial charge in [-0.15, -0.1) is 0 Å². The smallest absolute Gasteiger partial charge is 0.407 e. The molecule has 34 heavy (non-hydrogen) atoms. The van der Waals surface area contributed by atoms with Gasteiger partial charge in [0, 0.05) is 31.0 Å². The van der Waals surface area contributed by atoms with Gasteiger partial charge >= 0.3 is 12.1 Å². The van der Waals surface area contributed by atoms with E-state index in [-0.39, 0.29) is 37.2 Å². The van der Waals surface area contributed by atoms with Crippen LogP contribution in [0.1, 0.15) is 57.6 Å². The zero-order chi connectivity index (χ0) is 24.8. The third-order valence-corrected chi connectivity index (χ3v) is 6.51. The van der Waals surface area contributed by atoms with Gasteiger partial charge in [-0.05, 0) is 42.0 Å². The largest absolute Gasteiger partial charge is 0.481 e. The maximum atomic E-state index is 12.9. The minimum absolute atomic E-state index is 0.00193. The first-order chi connectivity index (χ1) is 16.2. The lowest BCUT2D eigenvalue weighted by Gasteiger charge is -2.30. The van der Waals surface area contributed by atoms with E-state index in [0.29, 0.717) is 6.54 Å². The molecule has 2 aromatic carbocycles. The monoisotopic (exact) mass is 466 g/mol. The highest BCUT2D eigenvalue weighted by atomic mass is 16.5. The van der Waals surface area contributed by atoms with Crippen LogP contribution in [0.25, 0.3) is 11.1 Å². The minimum Gasteiger partial charge on any atom is -0.481 e. The Bertz CT molecular complexity index is 990. The van der Waals surface area contributed by atoms with Crippen LogP contribution in [0.15, 0.2) is 48.5 Å². The Morgan fingerprint density at radius 2 is 1.53 bits per heavy atom. The fraction of sp³-hybridized carbons (Fsp3) is 0.444. The number of nitrogens with zero attached hydrogens (tertiary/aromatic N) is 1. The maximum absolute atomic E-state index is 12.9. The van der Waals surface area contributed by atoms with Crippen LogP contribution in [-0.2, 0) is 14.3 Å². The molecule has 0 bridgehead atoms. The van der Waals surface area contributed by atoms with E-state index < -0.39 is 24.1 Å². The third-order valence-electron chi connectivity index (χ3n) is 6.51. The van der Waals surface area contributed by atoms with Crippen molar-refractivity contribution >= 4 is 18.0 Å². The molecule has 0 saturated heterocycles. The molecule has 7 heteroatoms. The molecule has 0 saturated carbocycles. The standard InChI is InChI=1S/C27H34N2O5/c1-5-29(18(4)14-26(31)32)25(30)15-24(17(2)3)28-27(33)34-16-23-21-12-8-6-10-19(21)20-11-7-9-13-22(20)23/h6-13,17-18,23-24H,5,14-16H2,1-4H3,(H,28,33)(H,31,32)/t18?,24-/m0/s1. The highest BCUT2D eigenvalue weighted by Gasteiger charge is 2.30. The van der Waals surface area contributed by atoms with Crippen molar-refractivity contribution in [3.8, 4) is 11.1 Å². The van der Waals surface area contributed by atoms with Crippen LogP contribution in [0.4, 0.5) is 4.79 Å². The summed E-state index contributed by atoms with van der Waals surface area (Å²) in [5, 5.41) is 11.9. The normalized spacial score (nSPS) is 14.1. The molecule has 1 aliphatic carbocycles.